The Morgan fingerprint density at radius 2 is 2.20 bits per heavy atom. The van der Waals surface area contributed by atoms with E-state index in [0.717, 1.165) is 12.8 Å². The largest absolute Gasteiger partial charge is 0.300 e. The van der Waals surface area contributed by atoms with Crippen molar-refractivity contribution in [3.8, 4) is 0 Å². The number of carbonyl (C=O) groups is 2. The Balaban J connectivity index is 1.98. The van der Waals surface area contributed by atoms with Gasteiger partial charge in [0.1, 0.15) is 0 Å². The fourth-order valence-electron chi connectivity index (χ4n) is 2.51. The highest BCUT2D eigenvalue weighted by molar-refractivity contribution is 7.10. The number of nitrogens with zero attached hydrogens (tertiary/aromatic N) is 1. The third-order valence-electron chi connectivity index (χ3n) is 3.94. The molecule has 5 heteroatoms. The quantitative estimate of drug-likeness (QED) is 0.819. The third-order valence-corrected chi connectivity index (χ3v) is 4.91. The van der Waals surface area contributed by atoms with E-state index < -0.39 is 0 Å². The number of aryl methyl sites for hydroxylation is 1. The summed E-state index contributed by atoms with van der Waals surface area (Å²) in [5.74, 6) is -0.123. The number of hydrogen-bond donors (Lipinski definition) is 1. The molecule has 1 N–H and O–H groups in total. The van der Waals surface area contributed by atoms with Crippen LogP contribution in [0, 0.1) is 0 Å². The van der Waals surface area contributed by atoms with Crippen LogP contribution in [0.5, 0.6) is 0 Å². The van der Waals surface area contributed by atoms with Gasteiger partial charge in [0, 0.05) is 17.5 Å². The van der Waals surface area contributed by atoms with E-state index in [1.165, 1.54) is 15.3 Å². The molecule has 0 radical (unpaired) electrons. The molecule has 2 atom stereocenters. The zero-order chi connectivity index (χ0) is 14.7. The van der Waals surface area contributed by atoms with Gasteiger partial charge < -0.3 is 5.32 Å². The Morgan fingerprint density at radius 3 is 2.85 bits per heavy atom. The number of amides is 2. The lowest BCUT2D eigenvalue weighted by Gasteiger charge is -2.21. The van der Waals surface area contributed by atoms with Crippen molar-refractivity contribution in [3.05, 3.63) is 21.9 Å². The number of nitrogens with one attached hydrogen (secondary N) is 1. The first-order chi connectivity index (χ1) is 9.58. The second-order valence-electron chi connectivity index (χ2n) is 5.22. The monoisotopic (exact) mass is 294 g/mol. The molecule has 1 aliphatic rings. The van der Waals surface area contributed by atoms with E-state index in [1.807, 2.05) is 13.8 Å². The van der Waals surface area contributed by atoms with Crippen molar-refractivity contribution in [2.45, 2.75) is 58.7 Å². The number of rotatable bonds is 6. The van der Waals surface area contributed by atoms with Gasteiger partial charge in [-0.1, -0.05) is 13.8 Å². The lowest BCUT2D eigenvalue weighted by Crippen LogP contribution is -2.42. The van der Waals surface area contributed by atoms with E-state index >= 15 is 0 Å². The van der Waals surface area contributed by atoms with Gasteiger partial charge in [-0.2, -0.15) is 0 Å². The fraction of sp³-hybridized carbons (Fsp3) is 0.600. The van der Waals surface area contributed by atoms with E-state index in [1.54, 1.807) is 11.3 Å². The highest BCUT2D eigenvalue weighted by Gasteiger charge is 2.40. The summed E-state index contributed by atoms with van der Waals surface area (Å²) >= 11 is 1.70. The predicted molar refractivity (Wildman–Crippen MR) is 80.5 cm³/mol. The molecule has 2 amide bonds. The molecule has 0 spiro atoms. The second kappa shape index (κ2) is 6.50. The van der Waals surface area contributed by atoms with Gasteiger partial charge in [-0.05, 0) is 36.8 Å². The molecule has 1 aromatic rings. The number of likely N-dealkylation sites (tertiary alicyclic amines) is 1. The zero-order valence-electron chi connectivity index (χ0n) is 12.3. The minimum Gasteiger partial charge on any atom is -0.300 e. The van der Waals surface area contributed by atoms with Crippen LogP contribution in [-0.4, -0.2) is 28.8 Å². The second-order valence-corrected chi connectivity index (χ2v) is 6.22. The van der Waals surface area contributed by atoms with Crippen molar-refractivity contribution in [1.29, 1.82) is 0 Å². The van der Waals surface area contributed by atoms with Crippen LogP contribution in [0.2, 0.25) is 0 Å². The highest BCUT2D eigenvalue weighted by Crippen LogP contribution is 2.21. The van der Waals surface area contributed by atoms with Crippen LogP contribution < -0.4 is 5.32 Å². The molecule has 20 heavy (non-hydrogen) atoms. The normalized spacial score (nSPS) is 20.8. The lowest BCUT2D eigenvalue weighted by atomic mass is 10.2. The molecule has 2 heterocycles. The molecule has 1 saturated heterocycles. The molecule has 2 rings (SSSR count). The molecule has 4 nitrogen and oxygen atoms in total. The van der Waals surface area contributed by atoms with Gasteiger partial charge in [0.2, 0.25) is 11.8 Å². The highest BCUT2D eigenvalue weighted by atomic mass is 32.1. The van der Waals surface area contributed by atoms with Crippen molar-refractivity contribution in [2.24, 2.45) is 0 Å². The summed E-state index contributed by atoms with van der Waals surface area (Å²) in [6.45, 7) is 6.71. The third kappa shape index (κ3) is 2.94. The van der Waals surface area contributed by atoms with Gasteiger partial charge in [-0.15, -0.1) is 11.3 Å². The van der Waals surface area contributed by atoms with Crippen LogP contribution in [0.15, 0.2) is 11.4 Å². The molecule has 1 aliphatic heterocycles. The van der Waals surface area contributed by atoms with Crippen molar-refractivity contribution in [1.82, 2.24) is 10.2 Å². The van der Waals surface area contributed by atoms with Crippen molar-refractivity contribution in [3.63, 3.8) is 0 Å². The molecule has 2 unspecified atom stereocenters. The van der Waals surface area contributed by atoms with Crippen LogP contribution in [0.4, 0.5) is 0 Å². The molecule has 1 fully saturated rings. The van der Waals surface area contributed by atoms with Crippen LogP contribution in [-0.2, 0) is 22.6 Å². The molecular weight excluding hydrogens is 272 g/mol. The standard InChI is InChI=1S/C15H22N2O2S/c1-4-10(3)17-14(18)8-12(15(17)19)16-9-13-11(5-2)6-7-20-13/h6-7,10,12,16H,4-5,8-9H2,1-3H3. The van der Waals surface area contributed by atoms with E-state index in [-0.39, 0.29) is 30.3 Å². The molecule has 1 aromatic heterocycles. The molecule has 0 bridgehead atoms. The maximum absolute atomic E-state index is 12.3. The Bertz CT molecular complexity index is 498. The van der Waals surface area contributed by atoms with E-state index in [0.29, 0.717) is 6.54 Å². The minimum atomic E-state index is -0.358. The van der Waals surface area contributed by atoms with Crippen molar-refractivity contribution < 1.29 is 9.59 Å². The summed E-state index contributed by atoms with van der Waals surface area (Å²) in [7, 11) is 0. The summed E-state index contributed by atoms with van der Waals surface area (Å²) in [4.78, 5) is 26.9. The van der Waals surface area contributed by atoms with E-state index in [2.05, 4.69) is 23.7 Å². The molecule has 0 aliphatic carbocycles. The van der Waals surface area contributed by atoms with E-state index in [4.69, 9.17) is 0 Å². The molecular formula is C15H22N2O2S. The van der Waals surface area contributed by atoms with Crippen molar-refractivity contribution in [2.75, 3.05) is 0 Å². The molecule has 0 saturated carbocycles. The first-order valence-electron chi connectivity index (χ1n) is 7.23. The van der Waals surface area contributed by atoms with Crippen LogP contribution >= 0.6 is 11.3 Å². The first-order valence-corrected chi connectivity index (χ1v) is 8.10. The summed E-state index contributed by atoms with van der Waals surface area (Å²) in [5, 5.41) is 5.32. The van der Waals surface area contributed by atoms with Crippen LogP contribution in [0.3, 0.4) is 0 Å². The number of thiophene rings is 1. The molecule has 110 valence electrons. The summed E-state index contributed by atoms with van der Waals surface area (Å²) in [6, 6.07) is 1.76. The van der Waals surface area contributed by atoms with Gasteiger partial charge in [0.25, 0.3) is 0 Å². The van der Waals surface area contributed by atoms with E-state index in [9.17, 15) is 9.59 Å². The van der Waals surface area contributed by atoms with Crippen LogP contribution in [0.1, 0.15) is 44.1 Å². The predicted octanol–water partition coefficient (Wildman–Crippen LogP) is 2.33. The number of hydrogen-bond acceptors (Lipinski definition) is 4. The average molecular weight is 294 g/mol. The Hall–Kier alpha value is -1.20. The maximum Gasteiger partial charge on any atom is 0.247 e. The number of imide groups is 1. The fourth-order valence-corrected chi connectivity index (χ4v) is 3.44. The minimum absolute atomic E-state index is 0.00487. The van der Waals surface area contributed by atoms with Gasteiger partial charge in [0.15, 0.2) is 0 Å². The summed E-state index contributed by atoms with van der Waals surface area (Å²) < 4.78 is 0. The maximum atomic E-state index is 12.3. The van der Waals surface area contributed by atoms with Gasteiger partial charge in [-0.25, -0.2) is 0 Å². The summed E-state index contributed by atoms with van der Waals surface area (Å²) in [6.07, 6.45) is 2.09. The zero-order valence-corrected chi connectivity index (χ0v) is 13.1. The molecule has 0 aromatic carbocycles. The first kappa shape index (κ1) is 15.2. The SMILES string of the molecule is CCc1ccsc1CNC1CC(=O)N(C(C)CC)C1=O. The van der Waals surface area contributed by atoms with Crippen molar-refractivity contribution >= 4 is 23.2 Å². The Morgan fingerprint density at radius 1 is 1.45 bits per heavy atom. The topological polar surface area (TPSA) is 49.4 Å². The van der Waals surface area contributed by atoms with Gasteiger partial charge in [-0.3, -0.25) is 14.5 Å². The Labute approximate surface area is 124 Å². The van der Waals surface area contributed by atoms with Gasteiger partial charge >= 0.3 is 0 Å². The lowest BCUT2D eigenvalue weighted by molar-refractivity contribution is -0.141. The smallest absolute Gasteiger partial charge is 0.247 e. The van der Waals surface area contributed by atoms with Crippen LogP contribution in [0.25, 0.3) is 0 Å². The Kier molecular flexibility index (Phi) is 4.94. The van der Waals surface area contributed by atoms with Gasteiger partial charge in [0.05, 0.1) is 12.5 Å². The number of carbonyl (C=O) groups excluding carboxylic acids is 2. The average Bonchev–Trinajstić information content (AvgIpc) is 3.00. The summed E-state index contributed by atoms with van der Waals surface area (Å²) in [5.41, 5.74) is 1.32.